The standard InChI is InChI=1S/C15H18N6O2S/c1-11-4-6-13(7-5-11)21-9-14(8-17-21)24(22,23)19-12(2)15-18-16-10-20(15)3/h4-10,12,19H,1-3H3/t12-/m0/s1. The normalized spacial score (nSPS) is 13.1. The van der Waals surface area contributed by atoms with Gasteiger partial charge in [-0.3, -0.25) is 0 Å². The van der Waals surface area contributed by atoms with Crippen LogP contribution in [0.5, 0.6) is 0 Å². The summed E-state index contributed by atoms with van der Waals surface area (Å²) in [5, 5.41) is 11.8. The molecular formula is C15H18N6O2S. The van der Waals surface area contributed by atoms with Crippen molar-refractivity contribution in [2.24, 2.45) is 7.05 Å². The van der Waals surface area contributed by atoms with E-state index in [4.69, 9.17) is 0 Å². The van der Waals surface area contributed by atoms with Gasteiger partial charge in [-0.1, -0.05) is 17.7 Å². The lowest BCUT2D eigenvalue weighted by Gasteiger charge is -2.12. The first-order valence-corrected chi connectivity index (χ1v) is 8.83. The molecule has 0 radical (unpaired) electrons. The molecule has 2 aromatic heterocycles. The van der Waals surface area contributed by atoms with Crippen LogP contribution in [-0.2, 0) is 17.1 Å². The summed E-state index contributed by atoms with van der Waals surface area (Å²) < 4.78 is 30.8. The number of aromatic nitrogens is 5. The van der Waals surface area contributed by atoms with E-state index in [9.17, 15) is 8.42 Å². The summed E-state index contributed by atoms with van der Waals surface area (Å²) in [5.41, 5.74) is 1.92. The maximum Gasteiger partial charge on any atom is 0.244 e. The minimum Gasteiger partial charge on any atom is -0.319 e. The summed E-state index contributed by atoms with van der Waals surface area (Å²) >= 11 is 0. The molecule has 0 aliphatic heterocycles. The van der Waals surface area contributed by atoms with Crippen LogP contribution in [0.25, 0.3) is 5.69 Å². The molecule has 0 bridgehead atoms. The summed E-state index contributed by atoms with van der Waals surface area (Å²) in [6, 6.07) is 7.15. The molecule has 8 nitrogen and oxygen atoms in total. The number of benzene rings is 1. The maximum atomic E-state index is 12.5. The molecule has 0 aliphatic carbocycles. The van der Waals surface area contributed by atoms with Crippen LogP contribution in [-0.4, -0.2) is 33.0 Å². The maximum absolute atomic E-state index is 12.5. The number of rotatable bonds is 5. The Balaban J connectivity index is 1.83. The molecule has 0 fully saturated rings. The second-order valence-electron chi connectivity index (χ2n) is 5.60. The average molecular weight is 346 g/mol. The van der Waals surface area contributed by atoms with E-state index < -0.39 is 16.1 Å². The molecule has 9 heteroatoms. The van der Waals surface area contributed by atoms with Crippen LogP contribution < -0.4 is 4.72 Å². The molecule has 0 spiro atoms. The fourth-order valence-electron chi connectivity index (χ4n) is 2.32. The molecule has 0 saturated carbocycles. The van der Waals surface area contributed by atoms with E-state index in [1.807, 2.05) is 31.2 Å². The van der Waals surface area contributed by atoms with Gasteiger partial charge < -0.3 is 4.57 Å². The second-order valence-corrected chi connectivity index (χ2v) is 7.31. The van der Waals surface area contributed by atoms with Gasteiger partial charge in [-0.2, -0.15) is 5.10 Å². The smallest absolute Gasteiger partial charge is 0.244 e. The summed E-state index contributed by atoms with van der Waals surface area (Å²) in [6.07, 6.45) is 4.33. The van der Waals surface area contributed by atoms with Crippen molar-refractivity contribution < 1.29 is 8.42 Å². The molecule has 0 unspecified atom stereocenters. The highest BCUT2D eigenvalue weighted by atomic mass is 32.2. The number of nitrogens with one attached hydrogen (secondary N) is 1. The molecule has 0 saturated heterocycles. The quantitative estimate of drug-likeness (QED) is 0.752. The van der Waals surface area contributed by atoms with E-state index in [2.05, 4.69) is 20.0 Å². The molecule has 3 aromatic rings. The van der Waals surface area contributed by atoms with Crippen LogP contribution in [0.4, 0.5) is 0 Å². The zero-order chi connectivity index (χ0) is 17.3. The third kappa shape index (κ3) is 3.22. The van der Waals surface area contributed by atoms with Gasteiger partial charge in [0.15, 0.2) is 0 Å². The van der Waals surface area contributed by atoms with E-state index in [0.717, 1.165) is 11.3 Å². The van der Waals surface area contributed by atoms with Crippen LogP contribution in [0.1, 0.15) is 24.4 Å². The number of sulfonamides is 1. The highest BCUT2D eigenvalue weighted by Crippen LogP contribution is 2.16. The third-order valence-electron chi connectivity index (χ3n) is 3.63. The van der Waals surface area contributed by atoms with Gasteiger partial charge in [0.2, 0.25) is 10.0 Å². The first-order valence-electron chi connectivity index (χ1n) is 7.35. The van der Waals surface area contributed by atoms with Crippen molar-refractivity contribution >= 4 is 10.0 Å². The van der Waals surface area contributed by atoms with Crippen molar-refractivity contribution in [1.82, 2.24) is 29.3 Å². The van der Waals surface area contributed by atoms with Crippen LogP contribution in [0.3, 0.4) is 0 Å². The fourth-order valence-corrected chi connectivity index (χ4v) is 3.45. The largest absolute Gasteiger partial charge is 0.319 e. The molecular weight excluding hydrogens is 328 g/mol. The van der Waals surface area contributed by atoms with Gasteiger partial charge in [-0.05, 0) is 26.0 Å². The first-order chi connectivity index (χ1) is 11.4. The Morgan fingerprint density at radius 2 is 1.92 bits per heavy atom. The number of nitrogens with zero attached hydrogens (tertiary/aromatic N) is 5. The summed E-state index contributed by atoms with van der Waals surface area (Å²) in [6.45, 7) is 3.70. The Morgan fingerprint density at radius 3 is 2.54 bits per heavy atom. The van der Waals surface area contributed by atoms with Gasteiger partial charge >= 0.3 is 0 Å². The summed E-state index contributed by atoms with van der Waals surface area (Å²) in [7, 11) is -1.95. The molecule has 1 aromatic carbocycles. The van der Waals surface area contributed by atoms with Crippen molar-refractivity contribution in [1.29, 1.82) is 0 Å². The van der Waals surface area contributed by atoms with E-state index in [-0.39, 0.29) is 4.90 Å². The van der Waals surface area contributed by atoms with Crippen LogP contribution in [0, 0.1) is 6.92 Å². The molecule has 1 N–H and O–H groups in total. The van der Waals surface area contributed by atoms with E-state index >= 15 is 0 Å². The van der Waals surface area contributed by atoms with Gasteiger partial charge in [-0.25, -0.2) is 17.8 Å². The first kappa shape index (κ1) is 16.3. The minimum atomic E-state index is -3.71. The Morgan fingerprint density at radius 1 is 1.21 bits per heavy atom. The van der Waals surface area contributed by atoms with Crippen molar-refractivity contribution in [3.63, 3.8) is 0 Å². The molecule has 0 amide bonds. The zero-order valence-corrected chi connectivity index (χ0v) is 14.4. The lowest BCUT2D eigenvalue weighted by atomic mass is 10.2. The number of hydrogen-bond donors (Lipinski definition) is 1. The van der Waals surface area contributed by atoms with Crippen molar-refractivity contribution in [3.8, 4) is 5.69 Å². The van der Waals surface area contributed by atoms with Crippen LogP contribution in [0.2, 0.25) is 0 Å². The Hall–Kier alpha value is -2.52. The summed E-state index contributed by atoms with van der Waals surface area (Å²) in [4.78, 5) is 0.0945. The molecule has 2 heterocycles. The van der Waals surface area contributed by atoms with E-state index in [1.54, 1.807) is 18.5 Å². The molecule has 3 rings (SSSR count). The predicted octanol–water partition coefficient (Wildman–Crippen LogP) is 1.35. The Kier molecular flexibility index (Phi) is 4.20. The molecule has 0 aliphatic rings. The monoisotopic (exact) mass is 346 g/mol. The van der Waals surface area contributed by atoms with Crippen molar-refractivity contribution in [2.75, 3.05) is 0 Å². The number of hydrogen-bond acceptors (Lipinski definition) is 5. The third-order valence-corrected chi connectivity index (χ3v) is 5.13. The van der Waals surface area contributed by atoms with Crippen LogP contribution >= 0.6 is 0 Å². The highest BCUT2D eigenvalue weighted by molar-refractivity contribution is 7.89. The van der Waals surface area contributed by atoms with E-state index in [1.165, 1.54) is 23.4 Å². The number of aryl methyl sites for hydroxylation is 2. The summed E-state index contributed by atoms with van der Waals surface area (Å²) in [5.74, 6) is 0.532. The van der Waals surface area contributed by atoms with Gasteiger partial charge in [0.25, 0.3) is 0 Å². The predicted molar refractivity (Wildman–Crippen MR) is 88.0 cm³/mol. The minimum absolute atomic E-state index is 0.0945. The van der Waals surface area contributed by atoms with Gasteiger partial charge in [0.1, 0.15) is 17.0 Å². The topological polar surface area (TPSA) is 94.7 Å². The highest BCUT2D eigenvalue weighted by Gasteiger charge is 2.22. The van der Waals surface area contributed by atoms with Gasteiger partial charge in [-0.15, -0.1) is 10.2 Å². The van der Waals surface area contributed by atoms with Gasteiger partial charge in [0, 0.05) is 7.05 Å². The van der Waals surface area contributed by atoms with Gasteiger partial charge in [0.05, 0.1) is 24.1 Å². The van der Waals surface area contributed by atoms with Crippen molar-refractivity contribution in [3.05, 3.63) is 54.4 Å². The van der Waals surface area contributed by atoms with E-state index in [0.29, 0.717) is 5.82 Å². The SMILES string of the molecule is Cc1ccc(-n2cc(S(=O)(=O)N[C@@H](C)c3nncn3C)cn2)cc1. The Bertz CT molecular complexity index is 943. The molecule has 24 heavy (non-hydrogen) atoms. The fraction of sp³-hybridized carbons (Fsp3) is 0.267. The van der Waals surface area contributed by atoms with Crippen LogP contribution in [0.15, 0.2) is 47.9 Å². The Labute approximate surface area is 140 Å². The molecule has 126 valence electrons. The lowest BCUT2D eigenvalue weighted by molar-refractivity contribution is 0.553. The molecule has 1 atom stereocenters. The lowest BCUT2D eigenvalue weighted by Crippen LogP contribution is -2.28. The zero-order valence-electron chi connectivity index (χ0n) is 13.6. The second kappa shape index (κ2) is 6.17. The average Bonchev–Trinajstić information content (AvgIpc) is 3.17. The van der Waals surface area contributed by atoms with Crippen molar-refractivity contribution in [2.45, 2.75) is 24.8 Å².